The average Bonchev–Trinajstić information content (AvgIpc) is 2.77. The molecule has 0 saturated heterocycles. The van der Waals surface area contributed by atoms with Crippen LogP contribution in [0.2, 0.25) is 0 Å². The molecule has 0 aromatic heterocycles. The van der Waals surface area contributed by atoms with Crippen LogP contribution in [0.5, 0.6) is 0 Å². The van der Waals surface area contributed by atoms with Crippen molar-refractivity contribution in [1.29, 1.82) is 5.26 Å². The molecule has 0 N–H and O–H groups in total. The molecule has 0 amide bonds. The zero-order valence-corrected chi connectivity index (χ0v) is 17.0. The van der Waals surface area contributed by atoms with Gasteiger partial charge in [-0.1, -0.05) is 31.2 Å². The van der Waals surface area contributed by atoms with Crippen molar-refractivity contribution in [3.63, 3.8) is 0 Å². The molecule has 5 rings (SSSR count). The van der Waals surface area contributed by atoms with Gasteiger partial charge in [0.1, 0.15) is 11.5 Å². The van der Waals surface area contributed by atoms with Crippen LogP contribution in [-0.4, -0.2) is 17.7 Å². The van der Waals surface area contributed by atoms with Crippen LogP contribution in [0.1, 0.15) is 45.4 Å². The lowest BCUT2D eigenvalue weighted by Gasteiger charge is -2.41. The van der Waals surface area contributed by atoms with Crippen LogP contribution in [0, 0.1) is 29.1 Å². The minimum Gasteiger partial charge on any atom is -0.462 e. The summed E-state index contributed by atoms with van der Waals surface area (Å²) in [6, 6.07) is 2.52. The summed E-state index contributed by atoms with van der Waals surface area (Å²) in [7, 11) is 0. The molecule has 0 aromatic carbocycles. The minimum absolute atomic E-state index is 0.0560. The van der Waals surface area contributed by atoms with Crippen molar-refractivity contribution in [3.8, 4) is 6.07 Å². The van der Waals surface area contributed by atoms with E-state index < -0.39 is 0 Å². The molecule has 3 aliphatic carbocycles. The summed E-state index contributed by atoms with van der Waals surface area (Å²) >= 11 is 0. The van der Waals surface area contributed by atoms with Crippen molar-refractivity contribution >= 4 is 6.21 Å². The van der Waals surface area contributed by atoms with Crippen LogP contribution in [0.3, 0.4) is 0 Å². The van der Waals surface area contributed by atoms with Crippen LogP contribution in [0.4, 0.5) is 0 Å². The molecule has 0 radical (unpaired) electrons. The van der Waals surface area contributed by atoms with Gasteiger partial charge in [0.05, 0.1) is 29.9 Å². The Morgan fingerprint density at radius 3 is 2.83 bits per heavy atom. The van der Waals surface area contributed by atoms with E-state index in [2.05, 4.69) is 59.3 Å². The Balaban J connectivity index is 1.65. The molecule has 0 aromatic rings. The summed E-state index contributed by atoms with van der Waals surface area (Å²) < 4.78 is 6.41. The number of hydrogen-bond donors (Lipinski definition) is 0. The molecule has 2 heterocycles. The molecule has 2 unspecified atom stereocenters. The summed E-state index contributed by atoms with van der Waals surface area (Å²) in [6.45, 7) is 2.85. The van der Waals surface area contributed by atoms with Crippen LogP contribution in [0.25, 0.3) is 0 Å². The highest BCUT2D eigenvalue weighted by Crippen LogP contribution is 2.45. The quantitative estimate of drug-likeness (QED) is 0.628. The molecular formula is C25H27N3O. The highest BCUT2D eigenvalue weighted by Gasteiger charge is 2.36. The average molecular weight is 386 g/mol. The van der Waals surface area contributed by atoms with E-state index in [4.69, 9.17) is 4.74 Å². The molecule has 0 spiro atoms. The first-order valence-electron chi connectivity index (χ1n) is 10.8. The van der Waals surface area contributed by atoms with Crippen LogP contribution in [0.15, 0.2) is 75.6 Å². The summed E-state index contributed by atoms with van der Waals surface area (Å²) in [4.78, 5) is 6.83. The van der Waals surface area contributed by atoms with Crippen molar-refractivity contribution in [1.82, 2.24) is 4.90 Å². The molecule has 4 heteroatoms. The van der Waals surface area contributed by atoms with E-state index >= 15 is 0 Å². The molecule has 3 atom stereocenters. The number of nitriles is 1. The summed E-state index contributed by atoms with van der Waals surface area (Å²) in [5.41, 5.74) is 4.99. The lowest BCUT2D eigenvalue weighted by molar-refractivity contribution is 0.217. The number of ether oxygens (including phenoxy) is 1. The second kappa shape index (κ2) is 7.55. The van der Waals surface area contributed by atoms with E-state index in [0.717, 1.165) is 50.0 Å². The van der Waals surface area contributed by atoms with Gasteiger partial charge in [-0.2, -0.15) is 5.26 Å². The Hall–Kier alpha value is -2.80. The monoisotopic (exact) mass is 385 g/mol. The number of aliphatic imine (C=N–C) groups is 1. The van der Waals surface area contributed by atoms with Crippen molar-refractivity contribution in [2.45, 2.75) is 45.4 Å². The van der Waals surface area contributed by atoms with E-state index in [9.17, 15) is 5.26 Å². The first-order chi connectivity index (χ1) is 14.3. The number of allylic oxidation sites excluding steroid dienone is 10. The normalized spacial score (nSPS) is 30.9. The van der Waals surface area contributed by atoms with E-state index in [0.29, 0.717) is 12.5 Å². The van der Waals surface area contributed by atoms with Gasteiger partial charge >= 0.3 is 0 Å². The van der Waals surface area contributed by atoms with E-state index in [-0.39, 0.29) is 11.8 Å². The van der Waals surface area contributed by atoms with Crippen LogP contribution < -0.4 is 0 Å². The maximum atomic E-state index is 9.75. The van der Waals surface area contributed by atoms with Crippen molar-refractivity contribution in [3.05, 3.63) is 70.6 Å². The molecular weight excluding hydrogens is 358 g/mol. The van der Waals surface area contributed by atoms with Crippen molar-refractivity contribution < 1.29 is 4.74 Å². The van der Waals surface area contributed by atoms with Gasteiger partial charge < -0.3 is 9.64 Å². The number of rotatable bonds is 2. The molecule has 4 nitrogen and oxygen atoms in total. The highest BCUT2D eigenvalue weighted by molar-refractivity contribution is 5.61. The Bertz CT molecular complexity index is 967. The maximum absolute atomic E-state index is 9.75. The Kier molecular flexibility index (Phi) is 4.75. The van der Waals surface area contributed by atoms with Crippen molar-refractivity contribution in [2.24, 2.45) is 22.7 Å². The Labute approximate surface area is 172 Å². The second-order valence-corrected chi connectivity index (χ2v) is 8.50. The van der Waals surface area contributed by atoms with E-state index in [1.807, 2.05) is 6.21 Å². The summed E-state index contributed by atoms with van der Waals surface area (Å²) in [6.07, 6.45) is 21.3. The van der Waals surface area contributed by atoms with Gasteiger partial charge in [-0.25, -0.2) is 0 Å². The van der Waals surface area contributed by atoms with E-state index in [1.165, 1.54) is 22.7 Å². The molecule has 0 saturated carbocycles. The lowest BCUT2D eigenvalue weighted by Crippen LogP contribution is -2.33. The molecule has 29 heavy (non-hydrogen) atoms. The predicted octanol–water partition coefficient (Wildman–Crippen LogP) is 5.52. The first-order valence-corrected chi connectivity index (χ1v) is 10.8. The van der Waals surface area contributed by atoms with E-state index in [1.54, 1.807) is 0 Å². The fourth-order valence-corrected chi connectivity index (χ4v) is 5.00. The Morgan fingerprint density at radius 2 is 1.93 bits per heavy atom. The Morgan fingerprint density at radius 1 is 1.10 bits per heavy atom. The topological polar surface area (TPSA) is 48.6 Å². The zero-order valence-electron chi connectivity index (χ0n) is 17.0. The standard InChI is InChI=1S/C25H27N3O/c1-17-10-11-23-25(14-17)29-24-9-5-4-8-22(24)28(23)21-7-3-2-6-20(21)19-12-13-27-16-18(19)15-26/h2,4,6,8,10-11,13,17-19H,3,5,7,9,12,14,16H2,1H3/t17-,18?,19?/m0/s1. The molecule has 0 fully saturated rings. The van der Waals surface area contributed by atoms with Crippen LogP contribution >= 0.6 is 0 Å². The lowest BCUT2D eigenvalue weighted by atomic mass is 9.79. The zero-order chi connectivity index (χ0) is 19.8. The van der Waals surface area contributed by atoms with Gasteiger partial charge in [0.15, 0.2) is 0 Å². The van der Waals surface area contributed by atoms with Gasteiger partial charge in [0.2, 0.25) is 0 Å². The fraction of sp³-hybridized carbons (Fsp3) is 0.440. The first kappa shape index (κ1) is 18.2. The summed E-state index contributed by atoms with van der Waals surface area (Å²) in [5, 5.41) is 9.75. The minimum atomic E-state index is -0.0560. The molecule has 2 aliphatic heterocycles. The van der Waals surface area contributed by atoms with Crippen LogP contribution in [-0.2, 0) is 4.74 Å². The fourth-order valence-electron chi connectivity index (χ4n) is 5.00. The highest BCUT2D eigenvalue weighted by atomic mass is 16.5. The second-order valence-electron chi connectivity index (χ2n) is 8.50. The third-order valence-corrected chi connectivity index (χ3v) is 6.49. The van der Waals surface area contributed by atoms with Gasteiger partial charge in [-0.3, -0.25) is 4.99 Å². The number of hydrogen-bond acceptors (Lipinski definition) is 4. The number of nitrogens with zero attached hydrogens (tertiary/aromatic N) is 3. The van der Waals surface area contributed by atoms with Gasteiger partial charge in [-0.15, -0.1) is 0 Å². The summed E-state index contributed by atoms with van der Waals surface area (Å²) in [5.74, 6) is 2.84. The maximum Gasteiger partial charge on any atom is 0.128 e. The van der Waals surface area contributed by atoms with Gasteiger partial charge in [0, 0.05) is 24.5 Å². The largest absolute Gasteiger partial charge is 0.462 e. The van der Waals surface area contributed by atoms with Gasteiger partial charge in [-0.05, 0) is 55.5 Å². The molecule has 0 bridgehead atoms. The molecule has 148 valence electrons. The third kappa shape index (κ3) is 3.19. The smallest absolute Gasteiger partial charge is 0.128 e. The third-order valence-electron chi connectivity index (χ3n) is 6.49. The SMILES string of the molecule is C[C@H]1C=CC2=C(C1)OC1=C(C=CCC1)N2C1=C(C2CC=NCC2C#N)C=CCC1. The van der Waals surface area contributed by atoms with Gasteiger partial charge in [0.25, 0.3) is 0 Å². The van der Waals surface area contributed by atoms with Crippen molar-refractivity contribution in [2.75, 3.05) is 6.54 Å². The predicted molar refractivity (Wildman–Crippen MR) is 114 cm³/mol. The molecule has 5 aliphatic rings.